The molecule has 0 bridgehead atoms. The zero-order chi connectivity index (χ0) is 24.6. The normalized spacial score (nSPS) is 18.2. The zero-order valence-electron chi connectivity index (χ0n) is 19.5. The van der Waals surface area contributed by atoms with Gasteiger partial charge in [-0.1, -0.05) is 12.1 Å². The number of morpholine rings is 1. The summed E-state index contributed by atoms with van der Waals surface area (Å²) in [6.07, 6.45) is 5.43. The number of piperazine rings is 1. The van der Waals surface area contributed by atoms with Crippen LogP contribution in [0.3, 0.4) is 0 Å². The van der Waals surface area contributed by atoms with Crippen molar-refractivity contribution in [1.29, 1.82) is 0 Å². The van der Waals surface area contributed by atoms with Gasteiger partial charge in [-0.2, -0.15) is 5.10 Å². The van der Waals surface area contributed by atoms with Crippen molar-refractivity contribution in [3.63, 3.8) is 0 Å². The molecule has 1 aromatic carbocycles. The van der Waals surface area contributed by atoms with E-state index >= 15 is 0 Å². The van der Waals surface area contributed by atoms with Gasteiger partial charge in [-0.05, 0) is 17.1 Å². The minimum absolute atomic E-state index is 0.0167. The molecule has 2 aliphatic heterocycles. The molecule has 13 heteroatoms. The molecule has 2 fully saturated rings. The number of hydrogen-bond donors (Lipinski definition) is 1. The van der Waals surface area contributed by atoms with Gasteiger partial charge >= 0.3 is 0 Å². The van der Waals surface area contributed by atoms with Gasteiger partial charge in [0.05, 0.1) is 36.5 Å². The molecule has 2 aliphatic rings. The SMILES string of the molecule is O=C(c1cn2cc(-c3cccc4[nH]ncc34)nc(N3CCOCC3)c2n1)N1CCN(CS(=O)[O-])CC1. The number of H-pyrrole nitrogens is 1. The second-order valence-electron chi connectivity index (χ2n) is 8.89. The molecule has 5 heterocycles. The molecule has 6 rings (SSSR count). The molecule has 0 aliphatic carbocycles. The number of carbonyl (C=O) groups excluding carboxylic acids is 1. The molecule has 36 heavy (non-hydrogen) atoms. The van der Waals surface area contributed by atoms with E-state index < -0.39 is 11.1 Å². The van der Waals surface area contributed by atoms with Crippen LogP contribution in [-0.2, 0) is 15.8 Å². The molecule has 3 aromatic heterocycles. The lowest BCUT2D eigenvalue weighted by atomic mass is 10.1. The third-order valence-corrected chi connectivity index (χ3v) is 7.23. The number of rotatable bonds is 5. The maximum absolute atomic E-state index is 13.3. The Morgan fingerprint density at radius 1 is 1.08 bits per heavy atom. The van der Waals surface area contributed by atoms with Crippen LogP contribution in [0.2, 0.25) is 0 Å². The van der Waals surface area contributed by atoms with E-state index in [2.05, 4.69) is 15.1 Å². The molecule has 0 radical (unpaired) electrons. The summed E-state index contributed by atoms with van der Waals surface area (Å²) in [6.45, 7) is 4.47. The largest absolute Gasteiger partial charge is 0.771 e. The van der Waals surface area contributed by atoms with Crippen LogP contribution in [0.15, 0.2) is 36.8 Å². The zero-order valence-corrected chi connectivity index (χ0v) is 20.3. The van der Waals surface area contributed by atoms with Gasteiger partial charge in [-0.25, -0.2) is 9.97 Å². The van der Waals surface area contributed by atoms with Gasteiger partial charge in [0.1, 0.15) is 5.69 Å². The highest BCUT2D eigenvalue weighted by atomic mass is 32.2. The van der Waals surface area contributed by atoms with Crippen LogP contribution < -0.4 is 4.90 Å². The summed E-state index contributed by atoms with van der Waals surface area (Å²) < 4.78 is 29.4. The number of fused-ring (bicyclic) bond motifs is 2. The van der Waals surface area contributed by atoms with Crippen molar-refractivity contribution in [2.24, 2.45) is 0 Å². The Balaban J connectivity index is 1.37. The van der Waals surface area contributed by atoms with E-state index in [9.17, 15) is 13.6 Å². The molecule has 188 valence electrons. The number of carbonyl (C=O) groups is 1. The fourth-order valence-electron chi connectivity index (χ4n) is 4.78. The average molecular weight is 510 g/mol. The molecule has 4 aromatic rings. The van der Waals surface area contributed by atoms with Crippen LogP contribution >= 0.6 is 0 Å². The Kier molecular flexibility index (Phi) is 6.13. The molecular weight excluding hydrogens is 484 g/mol. The summed E-state index contributed by atoms with van der Waals surface area (Å²) >= 11 is -2.13. The highest BCUT2D eigenvalue weighted by Crippen LogP contribution is 2.30. The molecule has 0 saturated carbocycles. The summed E-state index contributed by atoms with van der Waals surface area (Å²) in [5.74, 6) is 0.517. The van der Waals surface area contributed by atoms with Crippen LogP contribution in [-0.4, -0.2) is 107 Å². The van der Waals surface area contributed by atoms with Crippen LogP contribution in [0, 0.1) is 0 Å². The van der Waals surface area contributed by atoms with E-state index in [1.54, 1.807) is 17.3 Å². The average Bonchev–Trinajstić information content (AvgIpc) is 3.55. The highest BCUT2D eigenvalue weighted by molar-refractivity contribution is 7.79. The monoisotopic (exact) mass is 509 g/mol. The van der Waals surface area contributed by atoms with Crippen molar-refractivity contribution < 1.29 is 18.3 Å². The number of ether oxygens (including phenoxy) is 1. The molecule has 2 saturated heterocycles. The Bertz CT molecular complexity index is 1440. The molecule has 1 amide bonds. The van der Waals surface area contributed by atoms with Gasteiger partial charge < -0.3 is 23.5 Å². The number of imidazole rings is 1. The van der Waals surface area contributed by atoms with Gasteiger partial charge in [0.25, 0.3) is 5.91 Å². The third kappa shape index (κ3) is 4.34. The van der Waals surface area contributed by atoms with Gasteiger partial charge in [0, 0.05) is 62.6 Å². The van der Waals surface area contributed by atoms with Crippen molar-refractivity contribution in [3.8, 4) is 11.3 Å². The second-order valence-corrected chi connectivity index (χ2v) is 9.75. The van der Waals surface area contributed by atoms with E-state index in [-0.39, 0.29) is 11.8 Å². The number of nitrogens with one attached hydrogen (secondary N) is 1. The lowest BCUT2D eigenvalue weighted by molar-refractivity contribution is 0.0651. The van der Waals surface area contributed by atoms with Gasteiger partial charge in [-0.15, -0.1) is 0 Å². The first-order valence-corrected chi connectivity index (χ1v) is 13.0. The molecule has 0 spiro atoms. The number of amides is 1. The van der Waals surface area contributed by atoms with Crippen LogP contribution in [0.1, 0.15) is 10.5 Å². The van der Waals surface area contributed by atoms with E-state index in [0.717, 1.165) is 22.2 Å². The number of aromatic nitrogens is 5. The van der Waals surface area contributed by atoms with Gasteiger partial charge in [0.15, 0.2) is 11.5 Å². The first-order valence-electron chi connectivity index (χ1n) is 11.8. The lowest BCUT2D eigenvalue weighted by Crippen LogP contribution is -2.49. The molecule has 1 atom stereocenters. The van der Waals surface area contributed by atoms with Gasteiger partial charge in [-0.3, -0.25) is 19.0 Å². The topological polar surface area (TPSA) is 135 Å². The lowest BCUT2D eigenvalue weighted by Gasteiger charge is -2.34. The van der Waals surface area contributed by atoms with Crippen molar-refractivity contribution in [2.45, 2.75) is 0 Å². The summed E-state index contributed by atoms with van der Waals surface area (Å²) in [7, 11) is 0. The standard InChI is InChI=1S/C23H26N8O4S/c32-23(30-6-4-28(5-7-30)15-36(33)34)20-14-31-13-19(16-2-1-3-18-17(16)12-24-27-18)25-21(22(31)26-20)29-8-10-35-11-9-29/h1-3,12-14H,4-11,15H2,(H,24,27)(H,33,34)/p-1. The summed E-state index contributed by atoms with van der Waals surface area (Å²) in [4.78, 5) is 28.7. The maximum Gasteiger partial charge on any atom is 0.274 e. The van der Waals surface area contributed by atoms with E-state index in [0.29, 0.717) is 69.6 Å². The number of nitrogens with zero attached hydrogens (tertiary/aromatic N) is 7. The third-order valence-electron chi connectivity index (χ3n) is 6.66. The Labute approximate surface area is 209 Å². The van der Waals surface area contributed by atoms with E-state index in [4.69, 9.17) is 14.7 Å². The predicted octanol–water partition coefficient (Wildman–Crippen LogP) is 0.704. The van der Waals surface area contributed by atoms with Crippen molar-refractivity contribution in [3.05, 3.63) is 42.5 Å². The summed E-state index contributed by atoms with van der Waals surface area (Å²) in [5, 5.41) is 8.14. The number of anilines is 1. The predicted molar refractivity (Wildman–Crippen MR) is 132 cm³/mol. The Morgan fingerprint density at radius 3 is 2.67 bits per heavy atom. The molecule has 1 N–H and O–H groups in total. The number of benzene rings is 1. The van der Waals surface area contributed by atoms with Crippen molar-refractivity contribution >= 4 is 39.4 Å². The fourth-order valence-corrected chi connectivity index (χ4v) is 5.34. The van der Waals surface area contributed by atoms with Crippen molar-refractivity contribution in [2.75, 3.05) is 63.3 Å². The second kappa shape index (κ2) is 9.58. The summed E-state index contributed by atoms with van der Waals surface area (Å²) in [6, 6.07) is 5.93. The molecule has 1 unspecified atom stereocenters. The van der Waals surface area contributed by atoms with Crippen molar-refractivity contribution in [1.82, 2.24) is 34.4 Å². The number of hydrogen-bond acceptors (Lipinski definition) is 9. The minimum atomic E-state index is -2.13. The highest BCUT2D eigenvalue weighted by Gasteiger charge is 2.26. The van der Waals surface area contributed by atoms with Crippen LogP contribution in [0.5, 0.6) is 0 Å². The minimum Gasteiger partial charge on any atom is -0.771 e. The molecular formula is C23H25N8O4S-. The van der Waals surface area contributed by atoms with Crippen LogP contribution in [0.25, 0.3) is 27.8 Å². The van der Waals surface area contributed by atoms with Crippen LogP contribution in [0.4, 0.5) is 5.82 Å². The number of aromatic amines is 1. The Morgan fingerprint density at radius 2 is 1.89 bits per heavy atom. The smallest absolute Gasteiger partial charge is 0.274 e. The summed E-state index contributed by atoms with van der Waals surface area (Å²) in [5.41, 5.74) is 3.57. The quantitative estimate of drug-likeness (QED) is 0.386. The maximum atomic E-state index is 13.3. The molecule has 12 nitrogen and oxygen atoms in total. The van der Waals surface area contributed by atoms with Gasteiger partial charge in [0.2, 0.25) is 0 Å². The van der Waals surface area contributed by atoms with E-state index in [1.807, 2.05) is 33.7 Å². The fraction of sp³-hybridized carbons (Fsp3) is 0.391. The Hall–Kier alpha value is -3.39. The first kappa shape index (κ1) is 23.0. The first-order chi connectivity index (χ1) is 17.6. The van der Waals surface area contributed by atoms with E-state index in [1.165, 1.54) is 0 Å².